The summed E-state index contributed by atoms with van der Waals surface area (Å²) >= 11 is 0. The smallest absolute Gasteiger partial charge is 0.331 e. The van der Waals surface area contributed by atoms with Crippen LogP contribution in [0, 0.1) is 0 Å². The van der Waals surface area contributed by atoms with Gasteiger partial charge in [0.15, 0.2) is 0 Å². The van der Waals surface area contributed by atoms with Gasteiger partial charge in [-0.25, -0.2) is 4.79 Å². The zero-order chi connectivity index (χ0) is 11.3. The Morgan fingerprint density at radius 3 is 2.53 bits per heavy atom. The van der Waals surface area contributed by atoms with Gasteiger partial charge in [-0.05, 0) is 32.1 Å². The number of rotatable bonds is 4. The quantitative estimate of drug-likeness (QED) is 0.770. The maximum absolute atomic E-state index is 10.6. The van der Waals surface area contributed by atoms with Crippen LogP contribution in [-0.4, -0.2) is 17.2 Å². The second kappa shape index (κ2) is 5.20. The average Bonchev–Trinajstić information content (AvgIpc) is 2.18. The highest BCUT2D eigenvalue weighted by Gasteiger charge is 2.04. The van der Waals surface area contributed by atoms with Crippen LogP contribution < -0.4 is 4.74 Å². The third-order valence-electron chi connectivity index (χ3n) is 1.89. The van der Waals surface area contributed by atoms with Crippen molar-refractivity contribution in [2.45, 2.75) is 20.0 Å². The third-order valence-corrected chi connectivity index (χ3v) is 1.89. The van der Waals surface area contributed by atoms with Crippen LogP contribution in [0.15, 0.2) is 42.0 Å². The number of aliphatic carboxylic acids is 1. The van der Waals surface area contributed by atoms with Crippen molar-refractivity contribution in [2.75, 3.05) is 0 Å². The lowest BCUT2D eigenvalue weighted by molar-refractivity contribution is -0.132. The van der Waals surface area contributed by atoms with Crippen LogP contribution in [0.2, 0.25) is 0 Å². The molecule has 15 heavy (non-hydrogen) atoms. The van der Waals surface area contributed by atoms with Crippen molar-refractivity contribution >= 4 is 5.97 Å². The van der Waals surface area contributed by atoms with E-state index in [1.807, 2.05) is 30.3 Å². The predicted octanol–water partition coefficient (Wildman–Crippen LogP) is 2.48. The highest BCUT2D eigenvalue weighted by Crippen LogP contribution is 2.12. The Labute approximate surface area is 89.0 Å². The fourth-order valence-corrected chi connectivity index (χ4v) is 1.17. The van der Waals surface area contributed by atoms with Gasteiger partial charge in [0, 0.05) is 5.57 Å². The summed E-state index contributed by atoms with van der Waals surface area (Å²) in [4.78, 5) is 10.6. The molecule has 0 aliphatic heterocycles. The molecule has 1 rings (SSSR count). The normalized spacial score (nSPS) is 13.3. The van der Waals surface area contributed by atoms with Gasteiger partial charge in [-0.1, -0.05) is 18.2 Å². The molecule has 0 aliphatic carbocycles. The Kier molecular flexibility index (Phi) is 3.92. The minimum absolute atomic E-state index is 0.247. The third kappa shape index (κ3) is 3.85. The van der Waals surface area contributed by atoms with Crippen LogP contribution in [0.5, 0.6) is 5.75 Å². The van der Waals surface area contributed by atoms with Crippen molar-refractivity contribution in [3.05, 3.63) is 42.0 Å². The molecule has 0 aromatic heterocycles. The molecule has 3 nitrogen and oxygen atoms in total. The Morgan fingerprint density at radius 2 is 2.00 bits per heavy atom. The van der Waals surface area contributed by atoms with Gasteiger partial charge >= 0.3 is 5.97 Å². The van der Waals surface area contributed by atoms with E-state index in [2.05, 4.69) is 0 Å². The Morgan fingerprint density at radius 1 is 1.40 bits per heavy atom. The number of carbonyl (C=O) groups is 1. The van der Waals surface area contributed by atoms with Crippen LogP contribution in [-0.2, 0) is 4.79 Å². The molecule has 1 atom stereocenters. The molecule has 1 N–H and O–H groups in total. The SMILES string of the molecule is C/C(=C\C(C)Oc1ccccc1)C(=O)O. The maximum atomic E-state index is 10.6. The van der Waals surface area contributed by atoms with E-state index in [1.165, 1.54) is 0 Å². The topological polar surface area (TPSA) is 46.5 Å². The maximum Gasteiger partial charge on any atom is 0.331 e. The molecular weight excluding hydrogens is 192 g/mol. The molecule has 1 aromatic carbocycles. The molecule has 3 heteroatoms. The fraction of sp³-hybridized carbons (Fsp3) is 0.250. The van der Waals surface area contributed by atoms with E-state index in [1.54, 1.807) is 19.9 Å². The molecule has 0 amide bonds. The first-order valence-electron chi connectivity index (χ1n) is 4.73. The minimum atomic E-state index is -0.918. The van der Waals surface area contributed by atoms with Crippen LogP contribution >= 0.6 is 0 Å². The van der Waals surface area contributed by atoms with E-state index in [-0.39, 0.29) is 6.10 Å². The zero-order valence-corrected chi connectivity index (χ0v) is 8.81. The second-order valence-corrected chi connectivity index (χ2v) is 3.29. The molecule has 1 unspecified atom stereocenters. The van der Waals surface area contributed by atoms with E-state index >= 15 is 0 Å². The average molecular weight is 206 g/mol. The highest BCUT2D eigenvalue weighted by atomic mass is 16.5. The second-order valence-electron chi connectivity index (χ2n) is 3.29. The van der Waals surface area contributed by atoms with E-state index in [0.717, 1.165) is 5.75 Å². The summed E-state index contributed by atoms with van der Waals surface area (Å²) in [6.07, 6.45) is 1.33. The number of hydrogen-bond donors (Lipinski definition) is 1. The summed E-state index contributed by atoms with van der Waals surface area (Å²) in [5.41, 5.74) is 0.290. The predicted molar refractivity (Wildman–Crippen MR) is 57.9 cm³/mol. The van der Waals surface area contributed by atoms with E-state index in [0.29, 0.717) is 5.57 Å². The van der Waals surface area contributed by atoms with Crippen molar-refractivity contribution in [1.29, 1.82) is 0 Å². The first kappa shape index (κ1) is 11.3. The largest absolute Gasteiger partial charge is 0.487 e. The standard InChI is InChI=1S/C12H14O3/c1-9(12(13)14)8-10(2)15-11-6-4-3-5-7-11/h3-8,10H,1-2H3,(H,13,14)/b9-8+. The summed E-state index contributed by atoms with van der Waals surface area (Å²) in [6, 6.07) is 9.31. The number of carboxylic acid groups (broad SMARTS) is 1. The first-order valence-corrected chi connectivity index (χ1v) is 4.73. The van der Waals surface area contributed by atoms with E-state index in [9.17, 15) is 4.79 Å². The van der Waals surface area contributed by atoms with Crippen molar-refractivity contribution in [3.8, 4) is 5.75 Å². The van der Waals surface area contributed by atoms with E-state index in [4.69, 9.17) is 9.84 Å². The summed E-state index contributed by atoms with van der Waals surface area (Å²) in [6.45, 7) is 3.35. The van der Waals surface area contributed by atoms with Crippen LogP contribution in [0.1, 0.15) is 13.8 Å². The van der Waals surface area contributed by atoms with Gasteiger partial charge in [0.1, 0.15) is 11.9 Å². The molecule has 0 aliphatic rings. The van der Waals surface area contributed by atoms with Gasteiger partial charge in [-0.3, -0.25) is 0 Å². The van der Waals surface area contributed by atoms with Gasteiger partial charge in [0.25, 0.3) is 0 Å². The first-order chi connectivity index (χ1) is 7.09. The number of carboxylic acids is 1. The van der Waals surface area contributed by atoms with Crippen molar-refractivity contribution < 1.29 is 14.6 Å². The molecule has 80 valence electrons. The lowest BCUT2D eigenvalue weighted by atomic mass is 10.2. The monoisotopic (exact) mass is 206 g/mol. The van der Waals surface area contributed by atoms with Crippen LogP contribution in [0.4, 0.5) is 0 Å². The molecule has 0 saturated heterocycles. The van der Waals surface area contributed by atoms with Crippen molar-refractivity contribution in [2.24, 2.45) is 0 Å². The molecule has 0 spiro atoms. The Bertz CT molecular complexity index is 354. The van der Waals surface area contributed by atoms with Gasteiger partial charge < -0.3 is 9.84 Å². The molecule has 0 saturated carbocycles. The Balaban J connectivity index is 2.61. The molecule has 1 aromatic rings. The van der Waals surface area contributed by atoms with Crippen LogP contribution in [0.25, 0.3) is 0 Å². The summed E-state index contributed by atoms with van der Waals surface area (Å²) < 4.78 is 5.50. The van der Waals surface area contributed by atoms with Crippen molar-refractivity contribution in [3.63, 3.8) is 0 Å². The summed E-state index contributed by atoms with van der Waals surface area (Å²) in [7, 11) is 0. The summed E-state index contributed by atoms with van der Waals surface area (Å²) in [5, 5.41) is 8.67. The number of para-hydroxylation sites is 1. The molecule has 0 bridgehead atoms. The molecule has 0 fully saturated rings. The minimum Gasteiger partial charge on any atom is -0.487 e. The fourth-order valence-electron chi connectivity index (χ4n) is 1.17. The zero-order valence-electron chi connectivity index (χ0n) is 8.81. The van der Waals surface area contributed by atoms with Crippen molar-refractivity contribution in [1.82, 2.24) is 0 Å². The molecule has 0 heterocycles. The Hall–Kier alpha value is -1.77. The molecule has 0 radical (unpaired) electrons. The van der Waals surface area contributed by atoms with Gasteiger partial charge in [-0.15, -0.1) is 0 Å². The summed E-state index contributed by atoms with van der Waals surface area (Å²) in [5.74, 6) is -0.182. The van der Waals surface area contributed by atoms with Gasteiger partial charge in [0.05, 0.1) is 0 Å². The lowest BCUT2D eigenvalue weighted by Crippen LogP contribution is -2.10. The van der Waals surface area contributed by atoms with Gasteiger partial charge in [-0.2, -0.15) is 0 Å². The van der Waals surface area contributed by atoms with Crippen LogP contribution in [0.3, 0.4) is 0 Å². The van der Waals surface area contributed by atoms with Gasteiger partial charge in [0.2, 0.25) is 0 Å². The van der Waals surface area contributed by atoms with E-state index < -0.39 is 5.97 Å². The lowest BCUT2D eigenvalue weighted by Gasteiger charge is -2.10. The molecular formula is C12H14O3. The number of hydrogen-bond acceptors (Lipinski definition) is 2. The highest BCUT2D eigenvalue weighted by molar-refractivity contribution is 5.85. The number of ether oxygens (including phenoxy) is 1. The number of benzene rings is 1.